The van der Waals surface area contributed by atoms with Crippen LogP contribution in [-0.4, -0.2) is 24.0 Å². The molecule has 5 nitrogen and oxygen atoms in total. The molecule has 1 aromatic carbocycles. The Hall–Kier alpha value is -2.04. The minimum absolute atomic E-state index is 0.0286. The Kier molecular flexibility index (Phi) is 5.61. The smallest absolute Gasteiger partial charge is 0.227 e. The van der Waals surface area contributed by atoms with Crippen LogP contribution in [0.15, 0.2) is 24.3 Å². The monoisotopic (exact) mass is 344 g/mol. The highest BCUT2D eigenvalue weighted by Gasteiger charge is 2.32. The second-order valence-electron chi connectivity index (χ2n) is 7.48. The summed E-state index contributed by atoms with van der Waals surface area (Å²) in [6.07, 6.45) is 5.40. The lowest BCUT2D eigenvalue weighted by Crippen LogP contribution is -2.36. The van der Waals surface area contributed by atoms with E-state index in [1.807, 2.05) is 38.1 Å². The summed E-state index contributed by atoms with van der Waals surface area (Å²) in [5.41, 5.74) is 0.717. The molecule has 136 valence electrons. The van der Waals surface area contributed by atoms with E-state index in [0.29, 0.717) is 11.8 Å². The number of para-hydroxylation sites is 2. The van der Waals surface area contributed by atoms with Crippen LogP contribution in [0.4, 0.5) is 5.69 Å². The van der Waals surface area contributed by atoms with Crippen LogP contribution in [0.3, 0.4) is 0 Å². The summed E-state index contributed by atoms with van der Waals surface area (Å²) in [7, 11) is 0. The average Bonchev–Trinajstić information content (AvgIpc) is 3.40. The third-order valence-corrected chi connectivity index (χ3v) is 4.90. The summed E-state index contributed by atoms with van der Waals surface area (Å²) in [6.45, 7) is 3.93. The molecule has 0 spiro atoms. The van der Waals surface area contributed by atoms with Crippen molar-refractivity contribution in [3.05, 3.63) is 24.3 Å². The Morgan fingerprint density at radius 2 is 1.56 bits per heavy atom. The summed E-state index contributed by atoms with van der Waals surface area (Å²) in [5.74, 6) is 0.944. The first kappa shape index (κ1) is 17.8. The van der Waals surface area contributed by atoms with E-state index in [2.05, 4.69) is 10.6 Å². The lowest BCUT2D eigenvalue weighted by atomic mass is 9.81. The van der Waals surface area contributed by atoms with Gasteiger partial charge in [-0.3, -0.25) is 9.59 Å². The van der Waals surface area contributed by atoms with Crippen molar-refractivity contribution in [1.82, 2.24) is 5.32 Å². The van der Waals surface area contributed by atoms with E-state index in [0.717, 1.165) is 44.2 Å². The molecule has 0 unspecified atom stereocenters. The Morgan fingerprint density at radius 1 is 0.960 bits per heavy atom. The maximum Gasteiger partial charge on any atom is 0.227 e. The molecule has 0 heterocycles. The lowest BCUT2D eigenvalue weighted by Gasteiger charge is -2.27. The molecule has 2 fully saturated rings. The Bertz CT molecular complexity index is 617. The van der Waals surface area contributed by atoms with Crippen LogP contribution in [-0.2, 0) is 9.59 Å². The molecule has 0 saturated heterocycles. The second-order valence-corrected chi connectivity index (χ2v) is 7.48. The first-order valence-electron chi connectivity index (χ1n) is 9.40. The number of ether oxygens (including phenoxy) is 1. The van der Waals surface area contributed by atoms with Crippen LogP contribution in [0.25, 0.3) is 0 Å². The number of carbonyl (C=O) groups is 2. The van der Waals surface area contributed by atoms with Gasteiger partial charge in [-0.1, -0.05) is 12.1 Å². The Morgan fingerprint density at radius 3 is 2.16 bits per heavy atom. The molecule has 2 aliphatic carbocycles. The normalized spacial score (nSPS) is 23.2. The number of benzene rings is 1. The van der Waals surface area contributed by atoms with Crippen molar-refractivity contribution in [3.8, 4) is 5.75 Å². The number of hydrogen-bond acceptors (Lipinski definition) is 3. The van der Waals surface area contributed by atoms with Crippen molar-refractivity contribution < 1.29 is 14.3 Å². The van der Waals surface area contributed by atoms with Crippen molar-refractivity contribution >= 4 is 17.5 Å². The van der Waals surface area contributed by atoms with Crippen molar-refractivity contribution in [3.63, 3.8) is 0 Å². The maximum absolute atomic E-state index is 12.6. The van der Waals surface area contributed by atoms with Gasteiger partial charge in [-0.25, -0.2) is 0 Å². The van der Waals surface area contributed by atoms with E-state index < -0.39 is 0 Å². The molecule has 2 saturated carbocycles. The number of rotatable bonds is 6. The van der Waals surface area contributed by atoms with Gasteiger partial charge in [0.15, 0.2) is 0 Å². The maximum atomic E-state index is 12.6. The lowest BCUT2D eigenvalue weighted by molar-refractivity contribution is -0.128. The van der Waals surface area contributed by atoms with Crippen LogP contribution in [0.1, 0.15) is 52.4 Å². The minimum Gasteiger partial charge on any atom is -0.489 e. The molecule has 0 radical (unpaired) electrons. The SMILES string of the molecule is CC(C)Oc1ccccc1NC(=O)C1CCC(C(=O)NC2CC2)CC1. The van der Waals surface area contributed by atoms with E-state index in [1.54, 1.807) is 0 Å². The van der Waals surface area contributed by atoms with Crippen LogP contribution >= 0.6 is 0 Å². The van der Waals surface area contributed by atoms with Crippen molar-refractivity contribution in [1.29, 1.82) is 0 Å². The van der Waals surface area contributed by atoms with E-state index in [9.17, 15) is 9.59 Å². The van der Waals surface area contributed by atoms with E-state index in [4.69, 9.17) is 4.74 Å². The molecule has 0 aromatic heterocycles. The molecular formula is C20H28N2O3. The largest absolute Gasteiger partial charge is 0.489 e. The Labute approximate surface area is 149 Å². The van der Waals surface area contributed by atoms with Crippen LogP contribution in [0.2, 0.25) is 0 Å². The predicted octanol–water partition coefficient (Wildman–Crippen LogP) is 3.50. The van der Waals surface area contributed by atoms with Crippen molar-refractivity contribution in [2.24, 2.45) is 11.8 Å². The van der Waals surface area contributed by atoms with Gasteiger partial charge in [-0.05, 0) is 64.5 Å². The van der Waals surface area contributed by atoms with Crippen LogP contribution < -0.4 is 15.4 Å². The highest BCUT2D eigenvalue weighted by atomic mass is 16.5. The van der Waals surface area contributed by atoms with Crippen molar-refractivity contribution in [2.45, 2.75) is 64.5 Å². The van der Waals surface area contributed by atoms with Gasteiger partial charge >= 0.3 is 0 Å². The minimum atomic E-state index is -0.0305. The van der Waals surface area contributed by atoms with Crippen molar-refractivity contribution in [2.75, 3.05) is 5.32 Å². The number of hydrogen-bond donors (Lipinski definition) is 2. The molecule has 0 atom stereocenters. The summed E-state index contributed by atoms with van der Waals surface area (Å²) < 4.78 is 5.76. The molecule has 0 bridgehead atoms. The van der Waals surface area contributed by atoms with Gasteiger partial charge < -0.3 is 15.4 Å². The van der Waals surface area contributed by atoms with Gasteiger partial charge in [0.2, 0.25) is 11.8 Å². The molecule has 2 amide bonds. The standard InChI is InChI=1S/C20H28N2O3/c1-13(2)25-18-6-4-3-5-17(18)22-20(24)15-9-7-14(8-10-15)19(23)21-16-11-12-16/h3-6,13-16H,7-12H2,1-2H3,(H,21,23)(H,22,24). The third kappa shape index (κ3) is 4.97. The second kappa shape index (κ2) is 7.89. The molecule has 2 N–H and O–H groups in total. The molecule has 3 rings (SSSR count). The zero-order chi connectivity index (χ0) is 17.8. The van der Waals surface area contributed by atoms with Crippen LogP contribution in [0.5, 0.6) is 5.75 Å². The number of nitrogens with one attached hydrogen (secondary N) is 2. The summed E-state index contributed by atoms with van der Waals surface area (Å²) in [5, 5.41) is 6.08. The fourth-order valence-corrected chi connectivity index (χ4v) is 3.33. The van der Waals surface area contributed by atoms with E-state index in [1.165, 1.54) is 0 Å². The van der Waals surface area contributed by atoms with E-state index in [-0.39, 0.29) is 29.8 Å². The first-order valence-corrected chi connectivity index (χ1v) is 9.40. The fourth-order valence-electron chi connectivity index (χ4n) is 3.33. The summed E-state index contributed by atoms with van der Waals surface area (Å²) in [4.78, 5) is 24.7. The predicted molar refractivity (Wildman–Crippen MR) is 97.4 cm³/mol. The summed E-state index contributed by atoms with van der Waals surface area (Å²) in [6, 6.07) is 7.93. The van der Waals surface area contributed by atoms with Gasteiger partial charge in [-0.15, -0.1) is 0 Å². The quantitative estimate of drug-likeness (QED) is 0.830. The third-order valence-electron chi connectivity index (χ3n) is 4.90. The molecule has 2 aliphatic rings. The molecular weight excluding hydrogens is 316 g/mol. The molecule has 0 aliphatic heterocycles. The number of carbonyl (C=O) groups excluding carboxylic acids is 2. The number of amides is 2. The highest BCUT2D eigenvalue weighted by molar-refractivity contribution is 5.94. The van der Waals surface area contributed by atoms with Gasteiger partial charge in [0.05, 0.1) is 11.8 Å². The highest BCUT2D eigenvalue weighted by Crippen LogP contribution is 2.32. The average molecular weight is 344 g/mol. The van der Waals surface area contributed by atoms with Gasteiger partial charge in [-0.2, -0.15) is 0 Å². The fraction of sp³-hybridized carbons (Fsp3) is 0.600. The van der Waals surface area contributed by atoms with Gasteiger partial charge in [0.1, 0.15) is 5.75 Å². The van der Waals surface area contributed by atoms with Gasteiger partial charge in [0.25, 0.3) is 0 Å². The topological polar surface area (TPSA) is 67.4 Å². The zero-order valence-corrected chi connectivity index (χ0v) is 15.1. The first-order chi connectivity index (χ1) is 12.0. The summed E-state index contributed by atoms with van der Waals surface area (Å²) >= 11 is 0. The molecule has 25 heavy (non-hydrogen) atoms. The van der Waals surface area contributed by atoms with E-state index >= 15 is 0 Å². The number of anilines is 1. The zero-order valence-electron chi connectivity index (χ0n) is 15.1. The Balaban J connectivity index is 1.52. The molecule has 5 heteroatoms. The van der Waals surface area contributed by atoms with Crippen LogP contribution in [0, 0.1) is 11.8 Å². The van der Waals surface area contributed by atoms with Gasteiger partial charge in [0, 0.05) is 17.9 Å². The molecule has 1 aromatic rings.